The van der Waals surface area contributed by atoms with Crippen LogP contribution in [0.2, 0.25) is 0 Å². The molecular weight excluding hydrogens is 240 g/mol. The van der Waals surface area contributed by atoms with Gasteiger partial charge in [-0.2, -0.15) is 0 Å². The average molecular weight is 258 g/mol. The predicted molar refractivity (Wildman–Crippen MR) is 73.8 cm³/mol. The van der Waals surface area contributed by atoms with Crippen LogP contribution < -0.4 is 5.32 Å². The maximum Gasteiger partial charge on any atom is 0.256 e. The third-order valence-electron chi connectivity index (χ3n) is 2.92. The monoisotopic (exact) mass is 258 g/mol. The van der Waals surface area contributed by atoms with E-state index in [1.165, 1.54) is 6.20 Å². The summed E-state index contributed by atoms with van der Waals surface area (Å²) in [6.07, 6.45) is 4.72. The van der Waals surface area contributed by atoms with E-state index in [1.807, 2.05) is 30.3 Å². The first-order valence-electron chi connectivity index (χ1n) is 6.61. The largest absolute Gasteiger partial charge is 0.355 e. The Morgan fingerprint density at radius 3 is 2.79 bits per heavy atom. The van der Waals surface area contributed by atoms with E-state index in [4.69, 9.17) is 4.52 Å². The lowest BCUT2D eigenvalue weighted by molar-refractivity contribution is 0.0953. The fraction of sp³-hybridized carbons (Fsp3) is 0.333. The summed E-state index contributed by atoms with van der Waals surface area (Å²) in [6, 6.07) is 9.52. The molecule has 2 aromatic rings. The fourth-order valence-electron chi connectivity index (χ4n) is 1.87. The predicted octanol–water partition coefficient (Wildman–Crippen LogP) is 3.26. The zero-order valence-electron chi connectivity index (χ0n) is 11.1. The van der Waals surface area contributed by atoms with Gasteiger partial charge >= 0.3 is 0 Å². The van der Waals surface area contributed by atoms with E-state index in [2.05, 4.69) is 17.4 Å². The molecule has 0 saturated carbocycles. The zero-order valence-corrected chi connectivity index (χ0v) is 11.1. The van der Waals surface area contributed by atoms with Crippen molar-refractivity contribution in [1.29, 1.82) is 0 Å². The molecule has 100 valence electrons. The number of rotatable bonds is 6. The van der Waals surface area contributed by atoms with Crippen LogP contribution in [-0.2, 0) is 0 Å². The standard InChI is InChI=1S/C15H18N2O2/c1-2-3-7-10-16-15(18)13-11-17-19-14(13)12-8-5-4-6-9-12/h4-6,8-9,11H,2-3,7,10H2,1H3,(H,16,18). The van der Waals surface area contributed by atoms with Crippen molar-refractivity contribution in [1.82, 2.24) is 10.5 Å². The molecule has 4 nitrogen and oxygen atoms in total. The minimum absolute atomic E-state index is 0.129. The van der Waals surface area contributed by atoms with Crippen molar-refractivity contribution >= 4 is 5.91 Å². The van der Waals surface area contributed by atoms with Gasteiger partial charge in [0.2, 0.25) is 0 Å². The molecule has 0 aliphatic heterocycles. The van der Waals surface area contributed by atoms with Gasteiger partial charge in [0.1, 0.15) is 5.56 Å². The summed E-state index contributed by atoms with van der Waals surface area (Å²) in [5, 5.41) is 6.62. The van der Waals surface area contributed by atoms with Gasteiger partial charge in [-0.3, -0.25) is 4.79 Å². The number of nitrogens with zero attached hydrogens (tertiary/aromatic N) is 1. The van der Waals surface area contributed by atoms with Crippen molar-refractivity contribution in [2.75, 3.05) is 6.54 Å². The summed E-state index contributed by atoms with van der Waals surface area (Å²) < 4.78 is 5.19. The van der Waals surface area contributed by atoms with E-state index in [0.717, 1.165) is 24.8 Å². The summed E-state index contributed by atoms with van der Waals surface area (Å²) in [4.78, 5) is 12.1. The highest BCUT2D eigenvalue weighted by molar-refractivity contribution is 5.99. The van der Waals surface area contributed by atoms with Gasteiger partial charge in [-0.25, -0.2) is 0 Å². The van der Waals surface area contributed by atoms with E-state index in [0.29, 0.717) is 17.9 Å². The lowest BCUT2D eigenvalue weighted by Gasteiger charge is -2.04. The fourth-order valence-corrected chi connectivity index (χ4v) is 1.87. The molecule has 4 heteroatoms. The molecule has 0 unspecified atom stereocenters. The van der Waals surface area contributed by atoms with Gasteiger partial charge in [-0.05, 0) is 6.42 Å². The Morgan fingerprint density at radius 1 is 1.26 bits per heavy atom. The van der Waals surface area contributed by atoms with Gasteiger partial charge in [-0.15, -0.1) is 0 Å². The average Bonchev–Trinajstić information content (AvgIpc) is 2.94. The minimum Gasteiger partial charge on any atom is -0.355 e. The molecule has 0 atom stereocenters. The van der Waals surface area contributed by atoms with Crippen molar-refractivity contribution in [3.63, 3.8) is 0 Å². The maximum atomic E-state index is 12.1. The summed E-state index contributed by atoms with van der Waals surface area (Å²) in [5.41, 5.74) is 1.35. The molecule has 0 saturated heterocycles. The Labute approximate surface area is 112 Å². The number of aromatic nitrogens is 1. The molecule has 1 heterocycles. The second kappa shape index (κ2) is 6.73. The van der Waals surface area contributed by atoms with Crippen molar-refractivity contribution < 1.29 is 9.32 Å². The van der Waals surface area contributed by atoms with E-state index >= 15 is 0 Å². The molecule has 0 fully saturated rings. The van der Waals surface area contributed by atoms with E-state index in [9.17, 15) is 4.79 Å². The minimum atomic E-state index is -0.129. The summed E-state index contributed by atoms with van der Waals surface area (Å²) >= 11 is 0. The Kier molecular flexibility index (Phi) is 4.72. The maximum absolute atomic E-state index is 12.1. The van der Waals surface area contributed by atoms with Crippen molar-refractivity contribution in [2.45, 2.75) is 26.2 Å². The summed E-state index contributed by atoms with van der Waals surface area (Å²) in [6.45, 7) is 2.82. The van der Waals surface area contributed by atoms with E-state index < -0.39 is 0 Å². The Bertz CT molecular complexity index is 520. The number of nitrogens with one attached hydrogen (secondary N) is 1. The molecule has 19 heavy (non-hydrogen) atoms. The molecule has 1 amide bonds. The number of unbranched alkanes of at least 4 members (excludes halogenated alkanes) is 2. The van der Waals surface area contributed by atoms with Crippen LogP contribution in [0.1, 0.15) is 36.5 Å². The van der Waals surface area contributed by atoms with Crippen LogP contribution in [0.25, 0.3) is 11.3 Å². The third-order valence-corrected chi connectivity index (χ3v) is 2.92. The topological polar surface area (TPSA) is 55.1 Å². The molecule has 1 aromatic heterocycles. The van der Waals surface area contributed by atoms with Gasteiger partial charge in [0.05, 0.1) is 6.20 Å². The third kappa shape index (κ3) is 3.44. The highest BCUT2D eigenvalue weighted by Gasteiger charge is 2.16. The molecule has 0 aliphatic carbocycles. The molecule has 0 spiro atoms. The normalized spacial score (nSPS) is 10.4. The first-order valence-corrected chi connectivity index (χ1v) is 6.61. The first kappa shape index (κ1) is 13.3. The number of amides is 1. The molecule has 1 N–H and O–H groups in total. The van der Waals surface area contributed by atoms with Crippen LogP contribution in [0.3, 0.4) is 0 Å². The van der Waals surface area contributed by atoms with Crippen LogP contribution in [0.15, 0.2) is 41.1 Å². The second-order valence-electron chi connectivity index (χ2n) is 4.40. The van der Waals surface area contributed by atoms with Crippen LogP contribution in [0.4, 0.5) is 0 Å². The van der Waals surface area contributed by atoms with Gasteiger partial charge in [0, 0.05) is 12.1 Å². The molecule has 0 radical (unpaired) electrons. The van der Waals surface area contributed by atoms with Crippen LogP contribution in [0, 0.1) is 0 Å². The number of hydrogen-bond donors (Lipinski definition) is 1. The number of benzene rings is 1. The van der Waals surface area contributed by atoms with Crippen molar-refractivity contribution in [2.24, 2.45) is 0 Å². The van der Waals surface area contributed by atoms with Gasteiger partial charge < -0.3 is 9.84 Å². The lowest BCUT2D eigenvalue weighted by atomic mass is 10.1. The van der Waals surface area contributed by atoms with Crippen molar-refractivity contribution in [3.05, 3.63) is 42.1 Å². The first-order chi connectivity index (χ1) is 9.33. The number of hydrogen-bond acceptors (Lipinski definition) is 3. The van der Waals surface area contributed by atoms with Gasteiger partial charge in [0.15, 0.2) is 5.76 Å². The molecular formula is C15H18N2O2. The molecule has 2 rings (SSSR count). The van der Waals surface area contributed by atoms with Crippen molar-refractivity contribution in [3.8, 4) is 11.3 Å². The number of carbonyl (C=O) groups excluding carboxylic acids is 1. The lowest BCUT2D eigenvalue weighted by Crippen LogP contribution is -2.24. The smallest absolute Gasteiger partial charge is 0.256 e. The van der Waals surface area contributed by atoms with E-state index in [-0.39, 0.29) is 5.91 Å². The molecule has 0 bridgehead atoms. The quantitative estimate of drug-likeness (QED) is 0.809. The Balaban J connectivity index is 2.05. The molecule has 1 aromatic carbocycles. The SMILES string of the molecule is CCCCCNC(=O)c1cnoc1-c1ccccc1. The highest BCUT2D eigenvalue weighted by atomic mass is 16.5. The zero-order chi connectivity index (χ0) is 13.5. The van der Waals surface area contributed by atoms with Crippen LogP contribution in [-0.4, -0.2) is 17.6 Å². The molecule has 0 aliphatic rings. The van der Waals surface area contributed by atoms with E-state index in [1.54, 1.807) is 0 Å². The van der Waals surface area contributed by atoms with Crippen LogP contribution in [0.5, 0.6) is 0 Å². The summed E-state index contributed by atoms with van der Waals surface area (Å²) in [5.74, 6) is 0.393. The second-order valence-corrected chi connectivity index (χ2v) is 4.40. The van der Waals surface area contributed by atoms with Crippen LogP contribution >= 0.6 is 0 Å². The Hall–Kier alpha value is -2.10. The van der Waals surface area contributed by atoms with Gasteiger partial charge in [-0.1, -0.05) is 55.3 Å². The number of carbonyl (C=O) groups is 1. The summed E-state index contributed by atoms with van der Waals surface area (Å²) in [7, 11) is 0. The van der Waals surface area contributed by atoms with Gasteiger partial charge in [0.25, 0.3) is 5.91 Å². The Morgan fingerprint density at radius 2 is 2.05 bits per heavy atom. The highest BCUT2D eigenvalue weighted by Crippen LogP contribution is 2.22.